The van der Waals surface area contributed by atoms with Crippen molar-refractivity contribution in [2.24, 2.45) is 0 Å². The minimum Gasteiger partial charge on any atom is -0.365 e. The van der Waals surface area contributed by atoms with Crippen LogP contribution in [0, 0.1) is 32.8 Å². The van der Waals surface area contributed by atoms with Crippen molar-refractivity contribution in [2.45, 2.75) is 13.0 Å². The molecule has 0 unspecified atom stereocenters. The topological polar surface area (TPSA) is 97.2 Å². The second kappa shape index (κ2) is 8.31. The van der Waals surface area contributed by atoms with E-state index < -0.39 is 4.92 Å². The molecule has 1 fully saturated rings. The van der Waals surface area contributed by atoms with Crippen molar-refractivity contribution in [1.29, 1.82) is 10.5 Å². The zero-order chi connectivity index (χ0) is 19.2. The molecule has 0 amide bonds. The molecular formula is C20H19N5O2. The van der Waals surface area contributed by atoms with Crippen LogP contribution in [0.15, 0.2) is 42.5 Å². The Morgan fingerprint density at radius 3 is 2.33 bits per heavy atom. The van der Waals surface area contributed by atoms with Gasteiger partial charge in [-0.3, -0.25) is 15.0 Å². The lowest BCUT2D eigenvalue weighted by molar-refractivity contribution is -0.384. The van der Waals surface area contributed by atoms with Gasteiger partial charge in [-0.15, -0.1) is 0 Å². The van der Waals surface area contributed by atoms with Crippen LogP contribution < -0.4 is 4.90 Å². The summed E-state index contributed by atoms with van der Waals surface area (Å²) in [5.74, 6) is 0. The molecule has 0 radical (unpaired) electrons. The van der Waals surface area contributed by atoms with Gasteiger partial charge in [-0.25, -0.2) is 0 Å². The maximum Gasteiger partial charge on any atom is 0.293 e. The van der Waals surface area contributed by atoms with Gasteiger partial charge in [0.2, 0.25) is 0 Å². The summed E-state index contributed by atoms with van der Waals surface area (Å²) in [5.41, 5.74) is 2.64. The summed E-state index contributed by atoms with van der Waals surface area (Å²) in [6, 6.07) is 16.3. The highest BCUT2D eigenvalue weighted by Crippen LogP contribution is 2.30. The van der Waals surface area contributed by atoms with Crippen LogP contribution in [0.1, 0.15) is 23.1 Å². The van der Waals surface area contributed by atoms with Gasteiger partial charge in [0.25, 0.3) is 5.69 Å². The molecule has 0 atom stereocenters. The lowest BCUT2D eigenvalue weighted by Gasteiger charge is -2.23. The fourth-order valence-electron chi connectivity index (χ4n) is 3.32. The third kappa shape index (κ3) is 4.41. The fourth-order valence-corrected chi connectivity index (χ4v) is 3.32. The number of rotatable bonds is 4. The van der Waals surface area contributed by atoms with Gasteiger partial charge in [-0.1, -0.05) is 12.1 Å². The van der Waals surface area contributed by atoms with Crippen molar-refractivity contribution in [3.05, 3.63) is 69.3 Å². The third-order valence-corrected chi connectivity index (χ3v) is 4.72. The molecule has 0 spiro atoms. The van der Waals surface area contributed by atoms with Crippen molar-refractivity contribution < 1.29 is 4.92 Å². The maximum atomic E-state index is 11.4. The van der Waals surface area contributed by atoms with Gasteiger partial charge in [-0.05, 0) is 36.2 Å². The molecule has 1 heterocycles. The summed E-state index contributed by atoms with van der Waals surface area (Å²) in [6.45, 7) is 3.90. The Kier molecular flexibility index (Phi) is 5.65. The molecule has 2 aromatic carbocycles. The summed E-state index contributed by atoms with van der Waals surface area (Å²) in [6.07, 6.45) is 0.896. The predicted molar refractivity (Wildman–Crippen MR) is 101 cm³/mol. The molecule has 3 rings (SSSR count). The Labute approximate surface area is 157 Å². The fraction of sp³-hybridized carbons (Fsp3) is 0.300. The van der Waals surface area contributed by atoms with E-state index in [2.05, 4.69) is 11.0 Å². The van der Waals surface area contributed by atoms with E-state index in [9.17, 15) is 10.1 Å². The van der Waals surface area contributed by atoms with Crippen LogP contribution in [0.25, 0.3) is 0 Å². The Hall–Kier alpha value is -3.42. The van der Waals surface area contributed by atoms with Gasteiger partial charge in [0.05, 0.1) is 28.2 Å². The van der Waals surface area contributed by atoms with Crippen LogP contribution in [-0.4, -0.2) is 36.0 Å². The summed E-state index contributed by atoms with van der Waals surface area (Å²) in [5, 5.41) is 29.3. The van der Waals surface area contributed by atoms with E-state index >= 15 is 0 Å². The van der Waals surface area contributed by atoms with Gasteiger partial charge in [0.1, 0.15) is 5.69 Å². The average molecular weight is 361 g/mol. The van der Waals surface area contributed by atoms with E-state index in [4.69, 9.17) is 10.5 Å². The summed E-state index contributed by atoms with van der Waals surface area (Å²) >= 11 is 0. The van der Waals surface area contributed by atoms with Gasteiger partial charge in [0.15, 0.2) is 0 Å². The van der Waals surface area contributed by atoms with Crippen molar-refractivity contribution in [1.82, 2.24) is 4.90 Å². The van der Waals surface area contributed by atoms with E-state index in [1.165, 1.54) is 6.07 Å². The molecule has 2 aromatic rings. The monoisotopic (exact) mass is 361 g/mol. The first-order valence-electron chi connectivity index (χ1n) is 8.75. The molecule has 1 aliphatic heterocycles. The van der Waals surface area contributed by atoms with Crippen molar-refractivity contribution >= 4 is 11.4 Å². The maximum absolute atomic E-state index is 11.4. The van der Waals surface area contributed by atoms with Crippen molar-refractivity contribution in [3.63, 3.8) is 0 Å². The first-order valence-corrected chi connectivity index (χ1v) is 8.75. The Morgan fingerprint density at radius 2 is 1.67 bits per heavy atom. The number of nitro benzene ring substituents is 1. The molecule has 1 aliphatic rings. The molecule has 0 N–H and O–H groups in total. The van der Waals surface area contributed by atoms with Gasteiger partial charge >= 0.3 is 0 Å². The highest BCUT2D eigenvalue weighted by Gasteiger charge is 2.23. The number of benzene rings is 2. The van der Waals surface area contributed by atoms with E-state index in [0.29, 0.717) is 23.4 Å². The largest absolute Gasteiger partial charge is 0.365 e. The Morgan fingerprint density at radius 1 is 0.963 bits per heavy atom. The van der Waals surface area contributed by atoms with E-state index in [-0.39, 0.29) is 5.69 Å². The van der Waals surface area contributed by atoms with E-state index in [1.54, 1.807) is 12.1 Å². The van der Waals surface area contributed by atoms with Crippen LogP contribution in [0.5, 0.6) is 0 Å². The van der Waals surface area contributed by atoms with E-state index in [0.717, 1.165) is 38.2 Å². The Balaban J connectivity index is 1.70. The van der Waals surface area contributed by atoms with Gasteiger partial charge in [0, 0.05) is 38.8 Å². The third-order valence-electron chi connectivity index (χ3n) is 4.72. The lowest BCUT2D eigenvalue weighted by Crippen LogP contribution is -2.30. The van der Waals surface area contributed by atoms with Crippen LogP contribution in [0.4, 0.5) is 11.4 Å². The molecule has 27 heavy (non-hydrogen) atoms. The highest BCUT2D eigenvalue weighted by atomic mass is 16.6. The van der Waals surface area contributed by atoms with Crippen molar-refractivity contribution in [2.75, 3.05) is 31.1 Å². The number of nitriles is 2. The number of anilines is 1. The molecule has 7 nitrogen and oxygen atoms in total. The summed E-state index contributed by atoms with van der Waals surface area (Å²) in [7, 11) is 0. The molecule has 136 valence electrons. The molecule has 1 saturated heterocycles. The zero-order valence-electron chi connectivity index (χ0n) is 14.8. The number of hydrogen-bond acceptors (Lipinski definition) is 6. The standard InChI is InChI=1S/C20H19N5O2/c21-13-16-2-4-17(5-3-16)15-23-8-1-9-24(11-10-23)19-7-6-18(14-22)12-20(19)25(26)27/h2-7,12H,1,8-11,15H2. The predicted octanol–water partition coefficient (Wildman–Crippen LogP) is 3.05. The molecule has 0 aromatic heterocycles. The number of nitrogens with zero attached hydrogens (tertiary/aromatic N) is 5. The second-order valence-electron chi connectivity index (χ2n) is 6.50. The SMILES string of the molecule is N#Cc1ccc(CN2CCCN(c3ccc(C#N)cc3[N+](=O)[O-])CC2)cc1. The van der Waals surface area contributed by atoms with Crippen LogP contribution >= 0.6 is 0 Å². The number of nitro groups is 1. The highest BCUT2D eigenvalue weighted by molar-refractivity contribution is 5.65. The normalized spacial score (nSPS) is 14.8. The zero-order valence-corrected chi connectivity index (χ0v) is 14.8. The molecule has 0 saturated carbocycles. The van der Waals surface area contributed by atoms with Crippen LogP contribution in [0.2, 0.25) is 0 Å². The van der Waals surface area contributed by atoms with Gasteiger partial charge < -0.3 is 4.90 Å². The second-order valence-corrected chi connectivity index (χ2v) is 6.50. The lowest BCUT2D eigenvalue weighted by atomic mass is 10.1. The smallest absolute Gasteiger partial charge is 0.293 e. The first kappa shape index (κ1) is 18.4. The quantitative estimate of drug-likeness (QED) is 0.613. The minimum absolute atomic E-state index is 0.0189. The van der Waals surface area contributed by atoms with Crippen molar-refractivity contribution in [3.8, 4) is 12.1 Å². The summed E-state index contributed by atoms with van der Waals surface area (Å²) in [4.78, 5) is 15.3. The van der Waals surface area contributed by atoms with Crippen LogP contribution in [-0.2, 0) is 6.54 Å². The molecular weight excluding hydrogens is 342 g/mol. The van der Waals surface area contributed by atoms with E-state index in [1.807, 2.05) is 35.2 Å². The summed E-state index contributed by atoms with van der Waals surface area (Å²) < 4.78 is 0. The average Bonchev–Trinajstić information content (AvgIpc) is 2.93. The first-order chi connectivity index (χ1) is 13.1. The van der Waals surface area contributed by atoms with Crippen LogP contribution in [0.3, 0.4) is 0 Å². The molecule has 7 heteroatoms. The number of hydrogen-bond donors (Lipinski definition) is 0. The van der Waals surface area contributed by atoms with Gasteiger partial charge in [-0.2, -0.15) is 10.5 Å². The Bertz CT molecular complexity index is 911. The molecule has 0 aliphatic carbocycles. The molecule has 0 bridgehead atoms. The minimum atomic E-state index is -0.421.